The van der Waals surface area contributed by atoms with E-state index in [9.17, 15) is 9.90 Å². The fraction of sp³-hybridized carbons (Fsp3) is 0.591. The summed E-state index contributed by atoms with van der Waals surface area (Å²) in [5.41, 5.74) is 13.1. The van der Waals surface area contributed by atoms with Crippen LogP contribution in [0.1, 0.15) is 70.8 Å². The molecule has 4 rings (SSSR count). The molecule has 2 saturated carbocycles. The zero-order valence-electron chi connectivity index (χ0n) is 17.1. The zero-order valence-corrected chi connectivity index (χ0v) is 18.0. The normalized spacial score (nSPS) is 22.4. The van der Waals surface area contributed by atoms with Gasteiger partial charge in [-0.05, 0) is 69.4 Å². The van der Waals surface area contributed by atoms with Gasteiger partial charge in [0.05, 0.1) is 11.0 Å². The van der Waals surface area contributed by atoms with E-state index in [0.717, 1.165) is 36.6 Å². The predicted octanol–water partition coefficient (Wildman–Crippen LogP) is 5.40. The molecule has 1 aromatic heterocycles. The molecule has 2 aliphatic carbocycles. The molecule has 154 valence electrons. The Kier molecular flexibility index (Phi) is 6.20. The van der Waals surface area contributed by atoms with Gasteiger partial charge in [0.15, 0.2) is 0 Å². The number of amides is 1. The van der Waals surface area contributed by atoms with Crippen LogP contribution >= 0.6 is 11.3 Å². The summed E-state index contributed by atoms with van der Waals surface area (Å²) in [6.07, 6.45) is 5.82. The first-order chi connectivity index (χ1) is 13.2. The molecule has 2 aromatic rings. The molecule has 0 saturated heterocycles. The molecule has 1 heterocycles. The largest absolute Gasteiger partial charge is 0.465 e. The van der Waals surface area contributed by atoms with E-state index in [4.69, 9.17) is 11.5 Å². The molecule has 2 fully saturated rings. The van der Waals surface area contributed by atoms with E-state index in [1.165, 1.54) is 33.4 Å². The van der Waals surface area contributed by atoms with Crippen LogP contribution in [0.25, 0.3) is 10.1 Å². The van der Waals surface area contributed by atoms with Gasteiger partial charge in [0.1, 0.15) is 0 Å². The smallest absolute Gasteiger partial charge is 0.408 e. The monoisotopic (exact) mass is 403 g/mol. The summed E-state index contributed by atoms with van der Waals surface area (Å²) in [6.45, 7) is 5.76. The van der Waals surface area contributed by atoms with E-state index < -0.39 is 6.09 Å². The number of nitrogen functional groups attached to an aromatic ring is 1. The summed E-state index contributed by atoms with van der Waals surface area (Å²) in [7, 11) is 0. The van der Waals surface area contributed by atoms with Crippen molar-refractivity contribution in [2.75, 3.05) is 5.73 Å². The van der Waals surface area contributed by atoms with E-state index in [2.05, 4.69) is 24.3 Å². The standard InChI is InChI=1S/C11H22N2O2.C11H11NS/c1-11(2,3)13(10(14)15)9-7-5-4-6-8(9)12;12-11-10(7-5-6-7)8-3-1-2-4-9(8)13-11/h8-9H,4-7,12H2,1-3H3,(H,14,15);1-4,7H,5-6,12H2/t8-,9+;/m1./s1. The summed E-state index contributed by atoms with van der Waals surface area (Å²) >= 11 is 1.72. The lowest BCUT2D eigenvalue weighted by Crippen LogP contribution is -2.58. The highest BCUT2D eigenvalue weighted by Gasteiger charge is 2.37. The summed E-state index contributed by atoms with van der Waals surface area (Å²) in [4.78, 5) is 12.8. The number of nitrogens with zero attached hydrogens (tertiary/aromatic N) is 1. The van der Waals surface area contributed by atoms with E-state index in [1.54, 1.807) is 11.3 Å². The lowest BCUT2D eigenvalue weighted by Gasteiger charge is -2.44. The minimum Gasteiger partial charge on any atom is -0.465 e. The van der Waals surface area contributed by atoms with Gasteiger partial charge in [-0.1, -0.05) is 31.0 Å². The summed E-state index contributed by atoms with van der Waals surface area (Å²) in [5.74, 6) is 0.760. The second-order valence-electron chi connectivity index (χ2n) is 8.99. The van der Waals surface area contributed by atoms with Crippen LogP contribution in [0.5, 0.6) is 0 Å². The Bertz CT molecular complexity index is 823. The van der Waals surface area contributed by atoms with Crippen molar-refractivity contribution in [1.29, 1.82) is 0 Å². The average molecular weight is 404 g/mol. The van der Waals surface area contributed by atoms with Gasteiger partial charge in [-0.3, -0.25) is 4.90 Å². The quantitative estimate of drug-likeness (QED) is 0.626. The topological polar surface area (TPSA) is 92.6 Å². The number of hydrogen-bond donors (Lipinski definition) is 3. The fourth-order valence-corrected chi connectivity index (χ4v) is 5.32. The Hall–Kier alpha value is -1.79. The van der Waals surface area contributed by atoms with Crippen LogP contribution in [0.3, 0.4) is 0 Å². The van der Waals surface area contributed by atoms with Crippen molar-refractivity contribution in [3.05, 3.63) is 29.8 Å². The Labute approximate surface area is 171 Å². The molecule has 2 atom stereocenters. The van der Waals surface area contributed by atoms with E-state index >= 15 is 0 Å². The molecule has 5 N–H and O–H groups in total. The lowest BCUT2D eigenvalue weighted by molar-refractivity contribution is 0.0491. The highest BCUT2D eigenvalue weighted by molar-refractivity contribution is 7.22. The number of nitrogens with two attached hydrogens (primary N) is 2. The number of carbonyl (C=O) groups is 1. The molecule has 5 nitrogen and oxygen atoms in total. The number of anilines is 1. The van der Waals surface area contributed by atoms with Gasteiger partial charge in [-0.2, -0.15) is 0 Å². The van der Waals surface area contributed by atoms with Crippen LogP contribution in [-0.4, -0.2) is 33.7 Å². The number of carboxylic acid groups (broad SMARTS) is 1. The van der Waals surface area contributed by atoms with Crippen LogP contribution in [0, 0.1) is 0 Å². The third-order valence-electron chi connectivity index (χ3n) is 5.69. The van der Waals surface area contributed by atoms with Crippen LogP contribution in [0.2, 0.25) is 0 Å². The van der Waals surface area contributed by atoms with Gasteiger partial charge < -0.3 is 16.6 Å². The molecule has 0 aliphatic heterocycles. The molecule has 2 aliphatic rings. The van der Waals surface area contributed by atoms with Crippen molar-refractivity contribution in [2.45, 2.75) is 82.8 Å². The van der Waals surface area contributed by atoms with Gasteiger partial charge in [0.25, 0.3) is 0 Å². The molecular weight excluding hydrogens is 370 g/mol. The summed E-state index contributed by atoms with van der Waals surface area (Å²) < 4.78 is 1.34. The van der Waals surface area contributed by atoms with Crippen molar-refractivity contribution >= 4 is 32.5 Å². The van der Waals surface area contributed by atoms with Crippen LogP contribution in [0.15, 0.2) is 24.3 Å². The number of benzene rings is 1. The molecule has 28 heavy (non-hydrogen) atoms. The molecule has 0 unspecified atom stereocenters. The SMILES string of the molecule is CC(C)(C)N(C(=O)O)[C@H]1CCCC[C@H]1N.Nc1sc2ccccc2c1C1CC1. The van der Waals surface area contributed by atoms with Crippen LogP contribution < -0.4 is 11.5 Å². The molecule has 0 spiro atoms. The maximum absolute atomic E-state index is 11.3. The Morgan fingerprint density at radius 2 is 1.79 bits per heavy atom. The minimum absolute atomic E-state index is 0.00549. The maximum atomic E-state index is 11.3. The molecule has 1 aromatic carbocycles. The second-order valence-corrected chi connectivity index (χ2v) is 10.1. The predicted molar refractivity (Wildman–Crippen MR) is 118 cm³/mol. The van der Waals surface area contributed by atoms with Crippen molar-refractivity contribution in [2.24, 2.45) is 5.73 Å². The van der Waals surface area contributed by atoms with Gasteiger partial charge in [-0.25, -0.2) is 4.79 Å². The first-order valence-electron chi connectivity index (χ1n) is 10.2. The van der Waals surface area contributed by atoms with E-state index in [1.807, 2.05) is 20.8 Å². The Morgan fingerprint density at radius 3 is 2.36 bits per heavy atom. The Balaban J connectivity index is 0.000000162. The zero-order chi connectivity index (χ0) is 20.5. The summed E-state index contributed by atoms with van der Waals surface area (Å²) in [6, 6.07) is 8.50. The number of hydrogen-bond acceptors (Lipinski definition) is 4. The number of rotatable bonds is 2. The first kappa shape index (κ1) is 20.9. The van der Waals surface area contributed by atoms with E-state index in [-0.39, 0.29) is 17.6 Å². The molecule has 0 radical (unpaired) electrons. The molecular formula is C22H33N3O2S. The minimum atomic E-state index is -0.857. The third kappa shape index (κ3) is 4.61. The summed E-state index contributed by atoms with van der Waals surface area (Å²) in [5, 5.41) is 11.7. The van der Waals surface area contributed by atoms with Gasteiger partial charge in [-0.15, -0.1) is 11.3 Å². The fourth-order valence-electron chi connectivity index (χ4n) is 4.26. The third-order valence-corrected chi connectivity index (χ3v) is 6.71. The van der Waals surface area contributed by atoms with Crippen LogP contribution in [0.4, 0.5) is 9.80 Å². The highest BCUT2D eigenvalue weighted by Crippen LogP contribution is 2.49. The van der Waals surface area contributed by atoms with Crippen molar-refractivity contribution in [1.82, 2.24) is 4.90 Å². The van der Waals surface area contributed by atoms with Crippen molar-refractivity contribution in [3.63, 3.8) is 0 Å². The van der Waals surface area contributed by atoms with Crippen molar-refractivity contribution in [3.8, 4) is 0 Å². The Morgan fingerprint density at radius 1 is 1.14 bits per heavy atom. The maximum Gasteiger partial charge on any atom is 0.408 e. The lowest BCUT2D eigenvalue weighted by atomic mass is 9.87. The molecule has 0 bridgehead atoms. The average Bonchev–Trinajstić information content (AvgIpc) is 3.37. The molecule has 6 heteroatoms. The van der Waals surface area contributed by atoms with Gasteiger partial charge in [0, 0.05) is 16.3 Å². The number of thiophene rings is 1. The first-order valence-corrected chi connectivity index (χ1v) is 11.1. The van der Waals surface area contributed by atoms with Gasteiger partial charge in [0.2, 0.25) is 0 Å². The van der Waals surface area contributed by atoms with E-state index in [0.29, 0.717) is 0 Å². The van der Waals surface area contributed by atoms with Crippen LogP contribution in [-0.2, 0) is 0 Å². The highest BCUT2D eigenvalue weighted by atomic mass is 32.1. The van der Waals surface area contributed by atoms with Crippen molar-refractivity contribution < 1.29 is 9.90 Å². The second kappa shape index (κ2) is 8.29. The number of fused-ring (bicyclic) bond motifs is 1. The van der Waals surface area contributed by atoms with Gasteiger partial charge >= 0.3 is 6.09 Å². The molecule has 1 amide bonds.